The van der Waals surface area contributed by atoms with Crippen LogP contribution in [-0.2, 0) is 16.2 Å². The van der Waals surface area contributed by atoms with Gasteiger partial charge in [0, 0.05) is 6.04 Å². The standard InChI is InChI=1S/C15H13F4NO2S/c1-10(11-4-2-5-12(8-11)15(17,18)19)20-23(21,22)14-7-3-6-13(16)9-14/h2-10,20H,1H3. The molecular formula is C15H13F4NO2S. The third kappa shape index (κ3) is 4.29. The average Bonchev–Trinajstić information content (AvgIpc) is 2.46. The maximum atomic E-state index is 13.1. The van der Waals surface area contributed by atoms with E-state index in [0.29, 0.717) is 0 Å². The molecule has 1 N–H and O–H groups in total. The molecule has 0 aliphatic heterocycles. The summed E-state index contributed by atoms with van der Waals surface area (Å²) in [7, 11) is -4.05. The van der Waals surface area contributed by atoms with Gasteiger partial charge in [0.15, 0.2) is 0 Å². The van der Waals surface area contributed by atoms with E-state index in [2.05, 4.69) is 4.72 Å². The lowest BCUT2D eigenvalue weighted by atomic mass is 10.1. The predicted octanol–water partition coefficient (Wildman–Crippen LogP) is 3.88. The second kappa shape index (κ2) is 6.29. The summed E-state index contributed by atoms with van der Waals surface area (Å²) in [6.45, 7) is 1.41. The van der Waals surface area contributed by atoms with Crippen LogP contribution in [0.3, 0.4) is 0 Å². The van der Waals surface area contributed by atoms with Crippen molar-refractivity contribution >= 4 is 10.0 Å². The van der Waals surface area contributed by atoms with Gasteiger partial charge in [0.25, 0.3) is 0 Å². The fourth-order valence-electron chi connectivity index (χ4n) is 1.99. The fraction of sp³-hybridized carbons (Fsp3) is 0.200. The summed E-state index contributed by atoms with van der Waals surface area (Å²) in [5.41, 5.74) is -0.716. The first kappa shape index (κ1) is 17.4. The normalized spacial score (nSPS) is 13.8. The summed E-state index contributed by atoms with van der Waals surface area (Å²) >= 11 is 0. The first-order valence-electron chi connectivity index (χ1n) is 6.54. The van der Waals surface area contributed by atoms with Gasteiger partial charge in [-0.25, -0.2) is 17.5 Å². The molecule has 0 fully saturated rings. The van der Waals surface area contributed by atoms with Crippen LogP contribution in [-0.4, -0.2) is 8.42 Å². The van der Waals surface area contributed by atoms with Crippen molar-refractivity contribution in [3.63, 3.8) is 0 Å². The van der Waals surface area contributed by atoms with Crippen molar-refractivity contribution in [2.24, 2.45) is 0 Å². The van der Waals surface area contributed by atoms with E-state index in [1.807, 2.05) is 0 Å². The summed E-state index contributed by atoms with van der Waals surface area (Å²) in [4.78, 5) is -0.295. The number of rotatable bonds is 4. The third-order valence-electron chi connectivity index (χ3n) is 3.15. The summed E-state index contributed by atoms with van der Waals surface area (Å²) in [5.74, 6) is -0.723. The number of nitrogens with one attached hydrogen (secondary N) is 1. The Hall–Kier alpha value is -1.93. The average molecular weight is 347 g/mol. The van der Waals surface area contributed by atoms with Gasteiger partial charge in [-0.1, -0.05) is 18.2 Å². The van der Waals surface area contributed by atoms with Crippen LogP contribution in [0.2, 0.25) is 0 Å². The second-order valence-electron chi connectivity index (χ2n) is 4.92. The summed E-state index contributed by atoms with van der Waals surface area (Å²) in [6, 6.07) is 7.81. The monoisotopic (exact) mass is 347 g/mol. The van der Waals surface area contributed by atoms with Crippen molar-refractivity contribution in [1.82, 2.24) is 4.72 Å². The SMILES string of the molecule is CC(NS(=O)(=O)c1cccc(F)c1)c1cccc(C(F)(F)F)c1. The van der Waals surface area contributed by atoms with Gasteiger partial charge in [0.1, 0.15) is 5.82 Å². The number of benzene rings is 2. The molecule has 0 saturated carbocycles. The summed E-state index contributed by atoms with van der Waals surface area (Å²) in [6.07, 6.45) is -4.52. The Morgan fingerprint density at radius 2 is 1.70 bits per heavy atom. The molecular weight excluding hydrogens is 334 g/mol. The Bertz CT molecular complexity index is 803. The van der Waals surface area contributed by atoms with E-state index in [1.165, 1.54) is 31.2 Å². The Labute approximate surface area is 131 Å². The van der Waals surface area contributed by atoms with Crippen LogP contribution in [0, 0.1) is 5.82 Å². The lowest BCUT2D eigenvalue weighted by Gasteiger charge is -2.16. The fourth-order valence-corrected chi connectivity index (χ4v) is 3.25. The molecule has 0 radical (unpaired) electrons. The molecule has 2 rings (SSSR count). The van der Waals surface area contributed by atoms with Crippen LogP contribution in [0.15, 0.2) is 53.4 Å². The van der Waals surface area contributed by atoms with Gasteiger partial charge in [-0.2, -0.15) is 13.2 Å². The van der Waals surface area contributed by atoms with Crippen molar-refractivity contribution in [1.29, 1.82) is 0 Å². The van der Waals surface area contributed by atoms with Gasteiger partial charge in [0.05, 0.1) is 10.5 Å². The minimum absolute atomic E-state index is 0.153. The first-order chi connectivity index (χ1) is 10.6. The van der Waals surface area contributed by atoms with Crippen LogP contribution < -0.4 is 4.72 Å². The molecule has 0 aromatic heterocycles. The first-order valence-corrected chi connectivity index (χ1v) is 8.03. The minimum Gasteiger partial charge on any atom is -0.207 e. The van der Waals surface area contributed by atoms with Gasteiger partial charge >= 0.3 is 6.18 Å². The van der Waals surface area contributed by atoms with E-state index in [-0.39, 0.29) is 10.5 Å². The molecule has 0 amide bonds. The molecule has 1 unspecified atom stereocenters. The Balaban J connectivity index is 2.27. The second-order valence-corrected chi connectivity index (χ2v) is 6.64. The van der Waals surface area contributed by atoms with Crippen LogP contribution in [0.4, 0.5) is 17.6 Å². The lowest BCUT2D eigenvalue weighted by Crippen LogP contribution is -2.27. The van der Waals surface area contributed by atoms with Crippen molar-refractivity contribution in [3.05, 3.63) is 65.5 Å². The quantitative estimate of drug-likeness (QED) is 0.853. The molecule has 3 nitrogen and oxygen atoms in total. The molecule has 2 aromatic carbocycles. The van der Waals surface area contributed by atoms with Gasteiger partial charge in [-0.3, -0.25) is 0 Å². The molecule has 8 heteroatoms. The third-order valence-corrected chi connectivity index (χ3v) is 4.69. The van der Waals surface area contributed by atoms with Crippen molar-refractivity contribution in [3.8, 4) is 0 Å². The molecule has 2 aromatic rings. The summed E-state index contributed by atoms with van der Waals surface area (Å²) in [5, 5.41) is 0. The van der Waals surface area contributed by atoms with Crippen molar-refractivity contribution in [2.75, 3.05) is 0 Å². The van der Waals surface area contributed by atoms with Gasteiger partial charge < -0.3 is 0 Å². The molecule has 124 valence electrons. The highest BCUT2D eigenvalue weighted by Crippen LogP contribution is 2.31. The molecule has 0 spiro atoms. The molecule has 1 atom stereocenters. The molecule has 0 aliphatic rings. The number of halogens is 4. The van der Waals surface area contributed by atoms with E-state index in [4.69, 9.17) is 0 Å². The van der Waals surface area contributed by atoms with Gasteiger partial charge in [0.2, 0.25) is 10.0 Å². The van der Waals surface area contributed by atoms with Gasteiger partial charge in [-0.05, 0) is 42.8 Å². The lowest BCUT2D eigenvalue weighted by molar-refractivity contribution is -0.137. The minimum atomic E-state index is -4.52. The van der Waals surface area contributed by atoms with E-state index < -0.39 is 33.6 Å². The van der Waals surface area contributed by atoms with Crippen LogP contribution >= 0.6 is 0 Å². The smallest absolute Gasteiger partial charge is 0.207 e. The molecule has 0 heterocycles. The predicted molar refractivity (Wildman–Crippen MR) is 76.6 cm³/mol. The Morgan fingerprint density at radius 1 is 1.04 bits per heavy atom. The highest BCUT2D eigenvalue weighted by molar-refractivity contribution is 7.89. The highest BCUT2D eigenvalue weighted by atomic mass is 32.2. The molecule has 0 saturated heterocycles. The van der Waals surface area contributed by atoms with E-state index in [1.54, 1.807) is 0 Å². The maximum Gasteiger partial charge on any atom is 0.416 e. The largest absolute Gasteiger partial charge is 0.416 e. The highest BCUT2D eigenvalue weighted by Gasteiger charge is 2.31. The van der Waals surface area contributed by atoms with Crippen LogP contribution in [0.1, 0.15) is 24.1 Å². The Morgan fingerprint density at radius 3 is 2.30 bits per heavy atom. The molecule has 0 bridgehead atoms. The number of hydrogen-bond donors (Lipinski definition) is 1. The number of alkyl halides is 3. The number of sulfonamides is 1. The van der Waals surface area contributed by atoms with E-state index >= 15 is 0 Å². The van der Waals surface area contributed by atoms with Crippen LogP contribution in [0.25, 0.3) is 0 Å². The molecule has 0 aliphatic carbocycles. The van der Waals surface area contributed by atoms with Crippen molar-refractivity contribution in [2.45, 2.75) is 24.0 Å². The van der Waals surface area contributed by atoms with Crippen LogP contribution in [0.5, 0.6) is 0 Å². The topological polar surface area (TPSA) is 46.2 Å². The number of hydrogen-bond acceptors (Lipinski definition) is 2. The molecule has 23 heavy (non-hydrogen) atoms. The Kier molecular flexibility index (Phi) is 4.76. The zero-order chi connectivity index (χ0) is 17.3. The zero-order valence-electron chi connectivity index (χ0n) is 11.9. The zero-order valence-corrected chi connectivity index (χ0v) is 12.7. The van der Waals surface area contributed by atoms with Crippen molar-refractivity contribution < 1.29 is 26.0 Å². The maximum absolute atomic E-state index is 13.1. The van der Waals surface area contributed by atoms with Gasteiger partial charge in [-0.15, -0.1) is 0 Å². The summed E-state index contributed by atoms with van der Waals surface area (Å²) < 4.78 is 77.8. The van der Waals surface area contributed by atoms with E-state index in [9.17, 15) is 26.0 Å². The van der Waals surface area contributed by atoms with E-state index in [0.717, 1.165) is 24.3 Å².